The van der Waals surface area contributed by atoms with Gasteiger partial charge in [0.25, 0.3) is 28.2 Å². The van der Waals surface area contributed by atoms with E-state index >= 15 is 0 Å². The lowest BCUT2D eigenvalue weighted by atomic mass is 10.1. The second-order valence-electron chi connectivity index (χ2n) is 21.8. The Morgan fingerprint density at radius 3 is 1.19 bits per heavy atom. The van der Waals surface area contributed by atoms with E-state index in [1.807, 2.05) is 92.7 Å². The number of alkyl halides is 2. The summed E-state index contributed by atoms with van der Waals surface area (Å²) < 4.78 is 88.0. The first-order chi connectivity index (χ1) is 47.7. The number of hydrogen-bond acceptors (Lipinski definition) is 13. The van der Waals surface area contributed by atoms with Crippen LogP contribution in [0.15, 0.2) is 189 Å². The topological polar surface area (TPSA) is 236 Å². The number of fused-ring (bicyclic) bond motifs is 4. The quantitative estimate of drug-likeness (QED) is 0.0586. The van der Waals surface area contributed by atoms with Crippen LogP contribution in [0.3, 0.4) is 0 Å². The number of ether oxygens (including phenoxy) is 1. The summed E-state index contributed by atoms with van der Waals surface area (Å²) in [7, 11) is 1.59. The molecule has 27 heteroatoms. The normalized spacial score (nSPS) is 10.9. The summed E-state index contributed by atoms with van der Waals surface area (Å²) >= 11 is 27.2. The van der Waals surface area contributed by atoms with E-state index in [-0.39, 0.29) is 38.6 Å². The third-order valence-electron chi connectivity index (χ3n) is 14.9. The van der Waals surface area contributed by atoms with Crippen LogP contribution in [0, 0.1) is 82.4 Å². The van der Waals surface area contributed by atoms with Crippen LogP contribution in [0.5, 0.6) is 5.75 Å². The molecule has 0 aliphatic rings. The molecule has 0 radical (unpaired) electrons. The van der Waals surface area contributed by atoms with Gasteiger partial charge in [-0.05, 0) is 145 Å². The minimum Gasteiger partial charge on any atom is -0.497 e. The van der Waals surface area contributed by atoms with Gasteiger partial charge in [-0.15, -0.1) is 47.0 Å². The van der Waals surface area contributed by atoms with E-state index in [4.69, 9.17) is 55.3 Å². The van der Waals surface area contributed by atoms with Gasteiger partial charge in [0.1, 0.15) is 75.5 Å². The fraction of sp³-hybridized carbons (Fsp3) is 0.123. The minimum absolute atomic E-state index is 0.0112. The van der Waals surface area contributed by atoms with Crippen molar-refractivity contribution in [3.63, 3.8) is 0 Å². The lowest BCUT2D eigenvalue weighted by Crippen LogP contribution is -2.12. The molecule has 0 saturated carbocycles. The molecule has 4 aromatic heterocycles. The van der Waals surface area contributed by atoms with Gasteiger partial charge >= 0.3 is 0 Å². The highest BCUT2D eigenvalue weighted by Crippen LogP contribution is 2.39. The predicted octanol–water partition coefficient (Wildman–Crippen LogP) is 19.8. The fourth-order valence-corrected chi connectivity index (χ4v) is 15.8. The molecule has 0 aliphatic carbocycles. The zero-order valence-electron chi connectivity index (χ0n) is 52.4. The summed E-state index contributed by atoms with van der Waals surface area (Å²) in [5.74, 6) is -2.40. The first-order valence-corrected chi connectivity index (χ1v) is 35.1. The summed E-state index contributed by atoms with van der Waals surface area (Å²) in [5, 5.41) is 43.4. The van der Waals surface area contributed by atoms with Gasteiger partial charge in [0.2, 0.25) is 0 Å². The van der Waals surface area contributed by atoms with E-state index in [1.54, 1.807) is 13.2 Å². The van der Waals surface area contributed by atoms with Gasteiger partial charge in [-0.1, -0.05) is 98.8 Å². The molecule has 0 atom stereocenters. The summed E-state index contributed by atoms with van der Waals surface area (Å²) in [6, 6.07) is 44.7. The van der Waals surface area contributed by atoms with Crippen molar-refractivity contribution in [2.75, 3.05) is 7.11 Å². The Morgan fingerprint density at radius 2 is 0.810 bits per heavy atom. The summed E-state index contributed by atoms with van der Waals surface area (Å²) in [5.41, 5.74) is 2.95. The van der Waals surface area contributed by atoms with E-state index in [0.717, 1.165) is 56.7 Å². The number of aryl methyl sites for hydroxylation is 2. The van der Waals surface area contributed by atoms with Gasteiger partial charge < -0.3 is 24.7 Å². The molecule has 0 unspecified atom stereocenters. The SMILES string of the molecule is CC(F)(F)c1cccc(CSc2[nH]c(=O)c(C#N)c3ccc(F)cc23)c1Cl.COc1ccc(Br)c(CSc2[nH]c(=O)c(C#N)c3ccc(F)cc23)c1.Cc1ccc(CSc2[nH]c(=O)c(C#N)c3ccc(F)cc23)c(Cl)c1.Cc1ccc(Cl)c(CSc2[nH]c(=O)c(C#N)c3ccc(F)cc23)c1. The van der Waals surface area contributed by atoms with Crippen LogP contribution in [0.25, 0.3) is 43.1 Å². The minimum atomic E-state index is -3.09. The average Bonchev–Trinajstić information content (AvgIpc) is 0.801. The van der Waals surface area contributed by atoms with Crippen LogP contribution in [-0.4, -0.2) is 27.0 Å². The van der Waals surface area contributed by atoms with Gasteiger partial charge in [-0.25, -0.2) is 26.3 Å². The molecule has 8 aromatic carbocycles. The van der Waals surface area contributed by atoms with Gasteiger partial charge in [-0.2, -0.15) is 21.0 Å². The smallest absolute Gasteiger partial charge is 0.271 e. The Labute approximate surface area is 606 Å². The van der Waals surface area contributed by atoms with E-state index in [1.165, 1.54) is 120 Å². The Kier molecular flexibility index (Phi) is 24.9. The maximum atomic E-state index is 13.7. The van der Waals surface area contributed by atoms with Crippen LogP contribution in [0.4, 0.5) is 26.3 Å². The highest BCUT2D eigenvalue weighted by Gasteiger charge is 2.28. The maximum absolute atomic E-state index is 13.7. The van der Waals surface area contributed by atoms with E-state index in [0.29, 0.717) is 96.1 Å². The summed E-state index contributed by atoms with van der Waals surface area (Å²) in [6.45, 7) is 4.69. The number of methoxy groups -OCH3 is 1. The number of hydrogen-bond donors (Lipinski definition) is 4. The lowest BCUT2D eigenvalue weighted by molar-refractivity contribution is 0.0175. The molecule has 4 N–H and O–H groups in total. The summed E-state index contributed by atoms with van der Waals surface area (Å²) in [6.07, 6.45) is 0. The molecule has 12 rings (SSSR count). The van der Waals surface area contributed by atoms with E-state index < -0.39 is 51.4 Å². The van der Waals surface area contributed by atoms with Crippen LogP contribution < -0.4 is 27.0 Å². The molecule has 0 amide bonds. The second-order valence-corrected chi connectivity index (χ2v) is 27.8. The van der Waals surface area contributed by atoms with Crippen molar-refractivity contribution >= 4 is 141 Å². The summed E-state index contributed by atoms with van der Waals surface area (Å²) in [4.78, 5) is 59.0. The van der Waals surface area contributed by atoms with E-state index in [9.17, 15) is 50.8 Å². The molecule has 0 spiro atoms. The number of nitriles is 4. The highest BCUT2D eigenvalue weighted by molar-refractivity contribution is 9.10. The Bertz CT molecular complexity index is 5650. The molecule has 0 bridgehead atoms. The molecule has 4 heterocycles. The number of aromatic nitrogens is 4. The molecule has 13 nitrogen and oxygen atoms in total. The van der Waals surface area contributed by atoms with Crippen LogP contribution in [-0.2, 0) is 28.9 Å². The Balaban J connectivity index is 0.000000156. The number of rotatable bonds is 14. The molecule has 504 valence electrons. The number of nitrogens with one attached hydrogen (secondary N) is 4. The molecule has 12 aromatic rings. The van der Waals surface area contributed by atoms with Gasteiger partial charge in [0, 0.05) is 93.1 Å². The Morgan fingerprint density at radius 1 is 0.440 bits per heavy atom. The second kappa shape index (κ2) is 33.2. The van der Waals surface area contributed by atoms with Crippen molar-refractivity contribution in [3.05, 3.63) is 291 Å². The third-order valence-corrected chi connectivity index (χ3v) is 21.2. The van der Waals surface area contributed by atoms with Crippen molar-refractivity contribution in [2.24, 2.45) is 0 Å². The molecule has 0 fully saturated rings. The Hall–Kier alpha value is -9.31. The van der Waals surface area contributed by atoms with Gasteiger partial charge in [-0.3, -0.25) is 19.2 Å². The predicted molar refractivity (Wildman–Crippen MR) is 389 cm³/mol. The molecule has 0 aliphatic heterocycles. The first-order valence-electron chi connectivity index (χ1n) is 29.3. The zero-order chi connectivity index (χ0) is 72.3. The number of H-pyrrole nitrogens is 4. The average molecular weight is 1550 g/mol. The largest absolute Gasteiger partial charge is 0.497 e. The van der Waals surface area contributed by atoms with Gasteiger partial charge in [0.05, 0.1) is 32.2 Å². The number of thioether (sulfide) groups is 4. The van der Waals surface area contributed by atoms with Crippen LogP contribution in [0.1, 0.15) is 68.1 Å². The van der Waals surface area contributed by atoms with Crippen molar-refractivity contribution in [2.45, 2.75) is 69.8 Å². The zero-order valence-corrected chi connectivity index (χ0v) is 59.5. The van der Waals surface area contributed by atoms with E-state index in [2.05, 4.69) is 35.9 Å². The van der Waals surface area contributed by atoms with Gasteiger partial charge in [0.15, 0.2) is 0 Å². The monoisotopic (exact) mass is 1540 g/mol. The number of pyridine rings is 4. The third kappa shape index (κ3) is 17.8. The fourth-order valence-electron chi connectivity index (χ4n) is 10.0. The van der Waals surface area contributed by atoms with Crippen molar-refractivity contribution in [1.29, 1.82) is 21.0 Å². The molecular weight excluding hydrogens is 1500 g/mol. The number of benzene rings is 8. The number of halogens is 10. The van der Waals surface area contributed by atoms with Crippen LogP contribution in [0.2, 0.25) is 15.1 Å². The highest BCUT2D eigenvalue weighted by atomic mass is 79.9. The lowest BCUT2D eigenvalue weighted by Gasteiger charge is -2.15. The number of aromatic amines is 4. The maximum Gasteiger partial charge on any atom is 0.271 e. The molecular formula is C73H48BrCl3F6N8O5S4. The standard InChI is InChI=1S/C19H12ClF3N2OS.C18H12BrFN2O2S.2C18H12ClFN2OS/c1-19(22,23)15-4-2-3-10(16(15)20)9-27-18-13-7-11(21)5-6-12(13)14(8-24)17(26)25-18;1-24-12-3-5-16(19)10(6-12)9-25-18-14-7-11(20)2-4-13(14)15(8-21)17(23)22-18;1-10-2-5-16(19)11(6-10)9-24-18-14-7-12(20)3-4-13(14)15(8-21)17(23)22-18;1-10-2-3-11(16(19)6-10)9-24-18-14-7-12(20)4-5-13(14)15(8-21)17(23)22-18/h2-7H,9H2,1H3,(H,25,26);2-7H,9H2,1H3,(H,22,23);2*2-7H,9H2,1H3,(H,22,23). The van der Waals surface area contributed by atoms with Crippen molar-refractivity contribution in [3.8, 4) is 30.0 Å². The molecule has 100 heavy (non-hydrogen) atoms. The number of nitrogens with zero attached hydrogens (tertiary/aromatic N) is 4. The first kappa shape index (κ1) is 74.9. The van der Waals surface area contributed by atoms with Crippen molar-refractivity contribution < 1.29 is 31.1 Å². The van der Waals surface area contributed by atoms with Crippen molar-refractivity contribution in [1.82, 2.24) is 19.9 Å². The molecule has 0 saturated heterocycles. The van der Waals surface area contributed by atoms with Crippen LogP contribution >= 0.6 is 97.8 Å².